The third-order valence-corrected chi connectivity index (χ3v) is 6.56. The van der Waals surface area contributed by atoms with Crippen LogP contribution in [0.1, 0.15) is 25.3 Å². The Morgan fingerprint density at radius 1 is 1.43 bits per heavy atom. The zero-order valence-corrected chi connectivity index (χ0v) is 17.7. The third kappa shape index (κ3) is 3.89. The zero-order chi connectivity index (χ0) is 21.3. The highest BCUT2D eigenvalue weighted by Gasteiger charge is 2.41. The molecule has 9 heteroatoms. The van der Waals surface area contributed by atoms with Gasteiger partial charge in [0.2, 0.25) is 5.91 Å². The molecule has 2 aliphatic heterocycles. The van der Waals surface area contributed by atoms with Crippen molar-refractivity contribution in [2.75, 3.05) is 20.3 Å². The van der Waals surface area contributed by atoms with Crippen LogP contribution in [0.5, 0.6) is 5.75 Å². The molecule has 158 valence electrons. The molecule has 0 saturated heterocycles. The molecule has 30 heavy (non-hydrogen) atoms. The number of methoxy groups -OCH3 is 1. The number of primary amides is 1. The van der Waals surface area contributed by atoms with Crippen LogP contribution in [-0.4, -0.2) is 52.6 Å². The predicted molar refractivity (Wildman–Crippen MR) is 114 cm³/mol. The standard InChI is InChI=1S/C21H24N4O4S/c1-12(7-18(22)26)11-25-19-15-4-3-13(14-9-23-24-10-14)8-16(15)29-6-5-17(19)30-20(25)21(27)28-2/h3-4,8-10,12,20H,5-7,11H2,1-2H3,(H2,22,26)(H,23,24). The number of rotatable bonds is 6. The molecule has 2 atom stereocenters. The van der Waals surface area contributed by atoms with Gasteiger partial charge in [0.25, 0.3) is 0 Å². The minimum absolute atomic E-state index is 0.0140. The fourth-order valence-corrected chi connectivity index (χ4v) is 5.22. The maximum absolute atomic E-state index is 12.5. The van der Waals surface area contributed by atoms with Gasteiger partial charge >= 0.3 is 5.97 Å². The van der Waals surface area contributed by atoms with Crippen molar-refractivity contribution < 1.29 is 19.1 Å². The van der Waals surface area contributed by atoms with Gasteiger partial charge in [0.1, 0.15) is 5.75 Å². The summed E-state index contributed by atoms with van der Waals surface area (Å²) in [5.41, 5.74) is 9.26. The lowest BCUT2D eigenvalue weighted by Gasteiger charge is -2.30. The van der Waals surface area contributed by atoms with Crippen molar-refractivity contribution >= 4 is 29.3 Å². The van der Waals surface area contributed by atoms with Gasteiger partial charge in [-0.15, -0.1) is 0 Å². The zero-order valence-electron chi connectivity index (χ0n) is 16.9. The van der Waals surface area contributed by atoms with Crippen LogP contribution < -0.4 is 10.5 Å². The van der Waals surface area contributed by atoms with Crippen LogP contribution in [0.4, 0.5) is 0 Å². The third-order valence-electron chi connectivity index (χ3n) is 5.20. The van der Waals surface area contributed by atoms with E-state index in [1.165, 1.54) is 18.9 Å². The number of hydrogen-bond acceptors (Lipinski definition) is 7. The van der Waals surface area contributed by atoms with Crippen molar-refractivity contribution in [1.82, 2.24) is 15.1 Å². The number of nitrogens with one attached hydrogen (secondary N) is 1. The largest absolute Gasteiger partial charge is 0.492 e. The molecule has 2 unspecified atom stereocenters. The van der Waals surface area contributed by atoms with E-state index in [1.807, 2.05) is 36.2 Å². The van der Waals surface area contributed by atoms with Gasteiger partial charge in [0.05, 0.1) is 25.6 Å². The summed E-state index contributed by atoms with van der Waals surface area (Å²) in [6.45, 7) is 2.99. The number of aromatic nitrogens is 2. The van der Waals surface area contributed by atoms with Gasteiger partial charge in [-0.05, 0) is 23.6 Å². The molecule has 8 nitrogen and oxygen atoms in total. The molecule has 3 N–H and O–H groups in total. The minimum Gasteiger partial charge on any atom is -0.492 e. The quantitative estimate of drug-likeness (QED) is 0.681. The predicted octanol–water partition coefficient (Wildman–Crippen LogP) is 2.59. The number of nitrogens with two attached hydrogens (primary N) is 1. The molecule has 2 aliphatic rings. The van der Waals surface area contributed by atoms with Crippen LogP contribution in [0.25, 0.3) is 16.8 Å². The van der Waals surface area contributed by atoms with Gasteiger partial charge in [0, 0.05) is 41.6 Å². The molecule has 1 aromatic heterocycles. The number of benzene rings is 1. The van der Waals surface area contributed by atoms with E-state index >= 15 is 0 Å². The highest BCUT2D eigenvalue weighted by atomic mass is 32.2. The monoisotopic (exact) mass is 428 g/mol. The molecule has 2 aromatic rings. The molecule has 1 aromatic carbocycles. The first-order valence-corrected chi connectivity index (χ1v) is 10.6. The highest BCUT2D eigenvalue weighted by Crippen LogP contribution is 2.49. The van der Waals surface area contributed by atoms with Crippen LogP contribution in [0, 0.1) is 5.92 Å². The topological polar surface area (TPSA) is 111 Å². The number of carbonyl (C=O) groups excluding carboxylic acids is 2. The molecule has 0 saturated carbocycles. The van der Waals surface area contributed by atoms with E-state index in [-0.39, 0.29) is 24.2 Å². The Labute approximate surface area is 178 Å². The molecular formula is C21H24N4O4S. The van der Waals surface area contributed by atoms with E-state index in [0.29, 0.717) is 19.6 Å². The first-order chi connectivity index (χ1) is 14.5. The summed E-state index contributed by atoms with van der Waals surface area (Å²) in [6, 6.07) is 6.03. The van der Waals surface area contributed by atoms with Crippen molar-refractivity contribution in [3.63, 3.8) is 0 Å². The lowest BCUT2D eigenvalue weighted by atomic mass is 10.0. The fraction of sp³-hybridized carbons (Fsp3) is 0.381. The summed E-state index contributed by atoms with van der Waals surface area (Å²) in [5.74, 6) is 0.0849. The molecule has 0 fully saturated rings. The molecule has 4 rings (SSSR count). The Balaban J connectivity index is 1.73. The number of aromatic amines is 1. The van der Waals surface area contributed by atoms with Crippen LogP contribution in [0.15, 0.2) is 35.5 Å². The maximum atomic E-state index is 12.5. The molecule has 1 amide bonds. The summed E-state index contributed by atoms with van der Waals surface area (Å²) < 4.78 is 11.1. The van der Waals surface area contributed by atoms with Gasteiger partial charge in [-0.1, -0.05) is 24.8 Å². The summed E-state index contributed by atoms with van der Waals surface area (Å²) >= 11 is 1.49. The first kappa shape index (κ1) is 20.3. The van der Waals surface area contributed by atoms with Gasteiger partial charge in [0.15, 0.2) is 5.37 Å². The molecule has 0 bridgehead atoms. The summed E-state index contributed by atoms with van der Waals surface area (Å²) in [5, 5.41) is 6.35. The van der Waals surface area contributed by atoms with Crippen molar-refractivity contribution in [3.05, 3.63) is 41.1 Å². The van der Waals surface area contributed by atoms with Gasteiger partial charge in [-0.25, -0.2) is 4.79 Å². The first-order valence-electron chi connectivity index (χ1n) is 9.77. The molecular weight excluding hydrogens is 404 g/mol. The van der Waals surface area contributed by atoms with Crippen molar-refractivity contribution in [1.29, 1.82) is 0 Å². The second-order valence-electron chi connectivity index (χ2n) is 7.49. The number of ether oxygens (including phenoxy) is 2. The number of nitrogens with zero attached hydrogens (tertiary/aromatic N) is 2. The number of hydrogen-bond donors (Lipinski definition) is 2. The second-order valence-corrected chi connectivity index (χ2v) is 8.66. The van der Waals surface area contributed by atoms with E-state index in [4.69, 9.17) is 15.2 Å². The second kappa shape index (κ2) is 8.43. The Morgan fingerprint density at radius 3 is 2.97 bits per heavy atom. The van der Waals surface area contributed by atoms with E-state index in [1.54, 1.807) is 6.20 Å². The van der Waals surface area contributed by atoms with E-state index in [9.17, 15) is 9.59 Å². The normalized spacial score (nSPS) is 18.9. The molecule has 0 spiro atoms. The van der Waals surface area contributed by atoms with Crippen molar-refractivity contribution in [2.45, 2.75) is 25.1 Å². The average molecular weight is 429 g/mol. The molecule has 3 heterocycles. The SMILES string of the molecule is COC(=O)C1SC2=C(c3ccc(-c4cn[nH]c4)cc3OCC2)N1CC(C)CC(N)=O. The number of esters is 1. The van der Waals surface area contributed by atoms with E-state index in [0.717, 1.165) is 33.0 Å². The lowest BCUT2D eigenvalue weighted by Crippen LogP contribution is -2.38. The van der Waals surface area contributed by atoms with Crippen LogP contribution in [0.3, 0.4) is 0 Å². The van der Waals surface area contributed by atoms with Gasteiger partial charge in [-0.3, -0.25) is 9.89 Å². The van der Waals surface area contributed by atoms with Crippen molar-refractivity contribution in [3.8, 4) is 16.9 Å². The Kier molecular flexibility index (Phi) is 5.72. The number of amides is 1. The van der Waals surface area contributed by atoms with Crippen LogP contribution in [-0.2, 0) is 14.3 Å². The lowest BCUT2D eigenvalue weighted by molar-refractivity contribution is -0.142. The molecule has 0 aliphatic carbocycles. The number of thioether (sulfide) groups is 1. The van der Waals surface area contributed by atoms with Crippen molar-refractivity contribution in [2.24, 2.45) is 11.7 Å². The summed E-state index contributed by atoms with van der Waals surface area (Å²) in [6.07, 6.45) is 4.55. The Morgan fingerprint density at radius 2 is 2.27 bits per heavy atom. The Hall–Kier alpha value is -2.94. The maximum Gasteiger partial charge on any atom is 0.339 e. The van der Waals surface area contributed by atoms with E-state index in [2.05, 4.69) is 10.2 Å². The van der Waals surface area contributed by atoms with Crippen LogP contribution in [0.2, 0.25) is 0 Å². The number of carbonyl (C=O) groups is 2. The van der Waals surface area contributed by atoms with Crippen LogP contribution >= 0.6 is 11.8 Å². The summed E-state index contributed by atoms with van der Waals surface area (Å²) in [4.78, 5) is 27.1. The smallest absolute Gasteiger partial charge is 0.339 e. The summed E-state index contributed by atoms with van der Waals surface area (Å²) in [7, 11) is 1.39. The fourth-order valence-electron chi connectivity index (χ4n) is 3.90. The average Bonchev–Trinajstić information content (AvgIpc) is 3.32. The molecule has 0 radical (unpaired) electrons. The van der Waals surface area contributed by atoms with E-state index < -0.39 is 5.37 Å². The minimum atomic E-state index is -0.491. The highest BCUT2D eigenvalue weighted by molar-refractivity contribution is 8.04. The van der Waals surface area contributed by atoms with Gasteiger partial charge in [-0.2, -0.15) is 5.10 Å². The van der Waals surface area contributed by atoms with Gasteiger partial charge < -0.3 is 20.1 Å². The number of H-pyrrole nitrogens is 1. The Bertz CT molecular complexity index is 989. The number of fused-ring (bicyclic) bond motifs is 2.